The van der Waals surface area contributed by atoms with Crippen LogP contribution in [0.2, 0.25) is 5.02 Å². The van der Waals surface area contributed by atoms with E-state index in [2.05, 4.69) is 10.5 Å². The van der Waals surface area contributed by atoms with Gasteiger partial charge in [-0.15, -0.1) is 0 Å². The maximum atomic E-state index is 11.2. The maximum absolute atomic E-state index is 11.2. The van der Waals surface area contributed by atoms with Crippen LogP contribution in [0.3, 0.4) is 0 Å². The molecule has 0 heterocycles. The zero-order valence-electron chi connectivity index (χ0n) is 15.9. The van der Waals surface area contributed by atoms with Gasteiger partial charge in [0.25, 0.3) is 5.69 Å². The molecule has 0 aliphatic carbocycles. The van der Waals surface area contributed by atoms with Gasteiger partial charge in [0.2, 0.25) is 0 Å². The van der Waals surface area contributed by atoms with Gasteiger partial charge >= 0.3 is 5.69 Å². The molecule has 0 radical (unpaired) electrons. The lowest BCUT2D eigenvalue weighted by Gasteiger charge is -2.17. The summed E-state index contributed by atoms with van der Waals surface area (Å²) in [5, 5.41) is 26.2. The molecule has 11 heteroatoms. The molecule has 0 aliphatic heterocycles. The van der Waals surface area contributed by atoms with Crippen LogP contribution in [0, 0.1) is 20.2 Å². The van der Waals surface area contributed by atoms with E-state index >= 15 is 0 Å². The first-order chi connectivity index (χ1) is 13.8. The molecule has 0 unspecified atom stereocenters. The number of nitro groups is 2. The number of nitrogens with one attached hydrogen (secondary N) is 1. The Labute approximate surface area is 171 Å². The van der Waals surface area contributed by atoms with Gasteiger partial charge in [0.15, 0.2) is 11.5 Å². The van der Waals surface area contributed by atoms with Crippen LogP contribution < -0.4 is 14.9 Å². The number of ether oxygens (including phenoxy) is 2. The Kier molecular flexibility index (Phi) is 7.32. The summed E-state index contributed by atoms with van der Waals surface area (Å²) >= 11 is 6.28. The van der Waals surface area contributed by atoms with Crippen LogP contribution in [0.4, 0.5) is 17.1 Å². The molecule has 0 saturated heterocycles. The molecular weight excluding hydrogens is 404 g/mol. The van der Waals surface area contributed by atoms with E-state index in [1.54, 1.807) is 12.1 Å². The summed E-state index contributed by atoms with van der Waals surface area (Å²) in [5.74, 6) is 0.834. The standard InChI is InChI=1S/C18H19ClN4O6/c1-4-11(2)29-18-14(19)7-12(8-17(18)28-3)10-20-21-15-6-5-13(22(24)25)9-16(15)23(26)27/h5-11,21H,4H2,1-3H3/b20-10-/t11-/m1/s1. The Morgan fingerprint density at radius 3 is 2.55 bits per heavy atom. The Balaban J connectivity index is 2.25. The average Bonchev–Trinajstić information content (AvgIpc) is 2.69. The van der Waals surface area contributed by atoms with Crippen molar-refractivity contribution in [2.24, 2.45) is 5.10 Å². The van der Waals surface area contributed by atoms with Crippen LogP contribution in [-0.2, 0) is 0 Å². The highest BCUT2D eigenvalue weighted by Gasteiger charge is 2.19. The third-order valence-corrected chi connectivity index (χ3v) is 4.21. The molecule has 0 aliphatic rings. The molecule has 154 valence electrons. The number of benzene rings is 2. The highest BCUT2D eigenvalue weighted by Crippen LogP contribution is 2.37. The summed E-state index contributed by atoms with van der Waals surface area (Å²) in [7, 11) is 1.48. The monoisotopic (exact) mass is 422 g/mol. The Bertz CT molecular complexity index is 950. The molecule has 0 spiro atoms. The van der Waals surface area contributed by atoms with Gasteiger partial charge in [-0.05, 0) is 37.1 Å². The number of anilines is 1. The van der Waals surface area contributed by atoms with Crippen molar-refractivity contribution in [3.63, 3.8) is 0 Å². The summed E-state index contributed by atoms with van der Waals surface area (Å²) < 4.78 is 11.1. The predicted octanol–water partition coefficient (Wildman–Crippen LogP) is 4.79. The minimum atomic E-state index is -0.730. The summed E-state index contributed by atoms with van der Waals surface area (Å²) in [6, 6.07) is 6.48. The number of non-ortho nitro benzene ring substituents is 1. The summed E-state index contributed by atoms with van der Waals surface area (Å²) in [5.41, 5.74) is 2.22. The third kappa shape index (κ3) is 5.55. The van der Waals surface area contributed by atoms with E-state index in [0.717, 1.165) is 18.6 Å². The number of nitrogens with zero attached hydrogens (tertiary/aromatic N) is 3. The van der Waals surface area contributed by atoms with Gasteiger partial charge in [-0.2, -0.15) is 5.10 Å². The molecule has 0 aromatic heterocycles. The average molecular weight is 423 g/mol. The van der Waals surface area contributed by atoms with Crippen molar-refractivity contribution in [1.82, 2.24) is 0 Å². The van der Waals surface area contributed by atoms with Crippen molar-refractivity contribution in [3.8, 4) is 11.5 Å². The number of hydrazone groups is 1. The first kappa shape index (κ1) is 21.9. The van der Waals surface area contributed by atoms with Crippen molar-refractivity contribution in [3.05, 3.63) is 61.1 Å². The van der Waals surface area contributed by atoms with E-state index in [9.17, 15) is 20.2 Å². The minimum Gasteiger partial charge on any atom is -0.493 e. The number of methoxy groups -OCH3 is 1. The normalized spacial score (nSPS) is 11.9. The zero-order valence-corrected chi connectivity index (χ0v) is 16.7. The number of hydrogen-bond acceptors (Lipinski definition) is 8. The smallest absolute Gasteiger partial charge is 0.301 e. The molecule has 10 nitrogen and oxygen atoms in total. The second-order valence-electron chi connectivity index (χ2n) is 5.96. The van der Waals surface area contributed by atoms with E-state index in [-0.39, 0.29) is 17.5 Å². The lowest BCUT2D eigenvalue weighted by molar-refractivity contribution is -0.393. The Morgan fingerprint density at radius 1 is 1.24 bits per heavy atom. The third-order valence-electron chi connectivity index (χ3n) is 3.93. The molecule has 0 saturated carbocycles. The molecule has 1 atom stereocenters. The molecule has 2 rings (SSSR count). The lowest BCUT2D eigenvalue weighted by atomic mass is 10.2. The van der Waals surface area contributed by atoms with Crippen LogP contribution in [0.5, 0.6) is 11.5 Å². The van der Waals surface area contributed by atoms with Gasteiger partial charge in [0.1, 0.15) is 5.69 Å². The number of halogens is 1. The fourth-order valence-electron chi connectivity index (χ4n) is 2.27. The summed E-state index contributed by atoms with van der Waals surface area (Å²) in [6.45, 7) is 3.89. The molecule has 2 aromatic carbocycles. The van der Waals surface area contributed by atoms with Crippen LogP contribution in [0.25, 0.3) is 0 Å². The summed E-state index contributed by atoms with van der Waals surface area (Å²) in [4.78, 5) is 20.5. The minimum absolute atomic E-state index is 0.00614. The molecular formula is C18H19ClN4O6. The van der Waals surface area contributed by atoms with Gasteiger partial charge in [-0.3, -0.25) is 25.7 Å². The fourth-order valence-corrected chi connectivity index (χ4v) is 2.53. The Morgan fingerprint density at radius 2 is 1.97 bits per heavy atom. The SMILES string of the molecule is CC[C@@H](C)Oc1c(Cl)cc(/C=N\Nc2ccc([N+](=O)[O-])cc2[N+](=O)[O-])cc1OC. The van der Waals surface area contributed by atoms with Gasteiger partial charge < -0.3 is 9.47 Å². The fraction of sp³-hybridized carbons (Fsp3) is 0.278. The molecule has 0 fully saturated rings. The van der Waals surface area contributed by atoms with Gasteiger partial charge in [0, 0.05) is 6.07 Å². The molecule has 0 amide bonds. The van der Waals surface area contributed by atoms with E-state index in [0.29, 0.717) is 22.1 Å². The highest BCUT2D eigenvalue weighted by atomic mass is 35.5. The van der Waals surface area contributed by atoms with E-state index in [1.807, 2.05) is 13.8 Å². The Hall–Kier alpha value is -3.40. The van der Waals surface area contributed by atoms with Crippen LogP contribution in [0.15, 0.2) is 35.4 Å². The predicted molar refractivity (Wildman–Crippen MR) is 109 cm³/mol. The lowest BCUT2D eigenvalue weighted by Crippen LogP contribution is -2.11. The maximum Gasteiger partial charge on any atom is 0.301 e. The number of rotatable bonds is 9. The second kappa shape index (κ2) is 9.69. The number of nitro benzene ring substituents is 2. The largest absolute Gasteiger partial charge is 0.493 e. The van der Waals surface area contributed by atoms with Crippen molar-refractivity contribution < 1.29 is 19.3 Å². The van der Waals surface area contributed by atoms with E-state index < -0.39 is 15.5 Å². The van der Waals surface area contributed by atoms with Crippen molar-refractivity contribution >= 4 is 34.9 Å². The first-order valence-corrected chi connectivity index (χ1v) is 8.90. The zero-order chi connectivity index (χ0) is 21.6. The van der Waals surface area contributed by atoms with Gasteiger partial charge in [-0.1, -0.05) is 18.5 Å². The molecule has 2 aromatic rings. The van der Waals surface area contributed by atoms with Crippen molar-refractivity contribution in [2.75, 3.05) is 12.5 Å². The van der Waals surface area contributed by atoms with E-state index in [1.165, 1.54) is 19.4 Å². The second-order valence-corrected chi connectivity index (χ2v) is 6.36. The van der Waals surface area contributed by atoms with Crippen LogP contribution >= 0.6 is 11.6 Å². The van der Waals surface area contributed by atoms with Crippen molar-refractivity contribution in [2.45, 2.75) is 26.4 Å². The van der Waals surface area contributed by atoms with Crippen molar-refractivity contribution in [1.29, 1.82) is 0 Å². The number of hydrogen-bond donors (Lipinski definition) is 1. The van der Waals surface area contributed by atoms with Crippen LogP contribution in [0.1, 0.15) is 25.8 Å². The highest BCUT2D eigenvalue weighted by molar-refractivity contribution is 6.32. The molecule has 1 N–H and O–H groups in total. The molecule has 29 heavy (non-hydrogen) atoms. The van der Waals surface area contributed by atoms with E-state index in [4.69, 9.17) is 21.1 Å². The quantitative estimate of drug-likeness (QED) is 0.349. The summed E-state index contributed by atoms with van der Waals surface area (Å²) in [6.07, 6.45) is 2.12. The topological polar surface area (TPSA) is 129 Å². The molecule has 0 bridgehead atoms. The van der Waals surface area contributed by atoms with Gasteiger partial charge in [-0.25, -0.2) is 0 Å². The van der Waals surface area contributed by atoms with Gasteiger partial charge in [0.05, 0.1) is 40.4 Å². The van der Waals surface area contributed by atoms with Crippen LogP contribution in [-0.4, -0.2) is 29.3 Å². The first-order valence-electron chi connectivity index (χ1n) is 8.52.